The summed E-state index contributed by atoms with van der Waals surface area (Å²) in [6.45, 7) is 5.73. The molecule has 112 valence electrons. The first-order valence-electron chi connectivity index (χ1n) is 7.19. The van der Waals surface area contributed by atoms with Crippen LogP contribution in [0.1, 0.15) is 26.3 Å². The molecule has 3 heterocycles. The van der Waals surface area contributed by atoms with Crippen LogP contribution in [-0.4, -0.2) is 57.6 Å². The zero-order valence-corrected chi connectivity index (χ0v) is 11.8. The summed E-state index contributed by atoms with van der Waals surface area (Å²) < 4.78 is 13.1. The van der Waals surface area contributed by atoms with Crippen molar-refractivity contribution in [3.63, 3.8) is 0 Å². The smallest absolute Gasteiger partial charge is 0.183 e. The number of aliphatic hydroxyl groups excluding tert-OH is 1. The number of hydrogen-bond donors (Lipinski definition) is 2. The van der Waals surface area contributed by atoms with Crippen molar-refractivity contribution in [3.8, 4) is 0 Å². The quantitative estimate of drug-likeness (QED) is 0.787. The average molecular weight is 282 g/mol. The summed E-state index contributed by atoms with van der Waals surface area (Å²) in [5.74, 6) is 0.628. The van der Waals surface area contributed by atoms with E-state index in [2.05, 4.69) is 29.2 Å². The summed E-state index contributed by atoms with van der Waals surface area (Å²) in [6.07, 6.45) is 2.96. The van der Waals surface area contributed by atoms with Crippen molar-refractivity contribution in [2.75, 3.05) is 13.2 Å². The van der Waals surface area contributed by atoms with Gasteiger partial charge < -0.3 is 19.9 Å². The summed E-state index contributed by atoms with van der Waals surface area (Å²) in [6, 6.07) is -0.491. The van der Waals surface area contributed by atoms with Gasteiger partial charge in [-0.1, -0.05) is 13.8 Å². The third-order valence-corrected chi connectivity index (χ3v) is 3.97. The topological polar surface area (TPSA) is 81.4 Å². The standard InChI is InChI=1S/C13H22N4O3/c1-8(2)3-4-15-10-9-5-19-13(20-9)11(12(10)18)17-7-14-6-16-17/h6-13,15,18H,3-5H2,1-2H3/t9-,10-,11-,12+,13-/m1/s1. The molecule has 0 unspecified atom stereocenters. The summed E-state index contributed by atoms with van der Waals surface area (Å²) in [7, 11) is 0. The molecular weight excluding hydrogens is 260 g/mol. The molecule has 2 N–H and O–H groups in total. The van der Waals surface area contributed by atoms with Crippen LogP contribution in [0.25, 0.3) is 0 Å². The number of fused-ring (bicyclic) bond motifs is 2. The minimum absolute atomic E-state index is 0.0954. The molecule has 20 heavy (non-hydrogen) atoms. The van der Waals surface area contributed by atoms with E-state index in [1.165, 1.54) is 6.33 Å². The van der Waals surface area contributed by atoms with Crippen LogP contribution in [0.4, 0.5) is 0 Å². The Balaban J connectivity index is 1.70. The Morgan fingerprint density at radius 2 is 2.35 bits per heavy atom. The molecule has 0 aliphatic carbocycles. The van der Waals surface area contributed by atoms with E-state index in [0.29, 0.717) is 12.5 Å². The van der Waals surface area contributed by atoms with Gasteiger partial charge in [0.25, 0.3) is 0 Å². The van der Waals surface area contributed by atoms with Gasteiger partial charge in [0.05, 0.1) is 18.8 Å². The summed E-state index contributed by atoms with van der Waals surface area (Å²) in [4.78, 5) is 3.93. The predicted octanol–water partition coefficient (Wildman–Crippen LogP) is -0.0605. The lowest BCUT2D eigenvalue weighted by atomic mass is 9.96. The van der Waals surface area contributed by atoms with Gasteiger partial charge in [-0.25, -0.2) is 9.67 Å². The number of aliphatic hydroxyl groups is 1. The molecule has 0 amide bonds. The van der Waals surface area contributed by atoms with Crippen molar-refractivity contribution in [1.82, 2.24) is 20.1 Å². The molecule has 1 aromatic rings. The maximum absolute atomic E-state index is 10.6. The number of rotatable bonds is 5. The van der Waals surface area contributed by atoms with E-state index < -0.39 is 12.4 Å². The number of hydrogen-bond acceptors (Lipinski definition) is 6. The minimum atomic E-state index is -0.602. The predicted molar refractivity (Wildman–Crippen MR) is 70.9 cm³/mol. The molecule has 3 rings (SSSR count). The Labute approximate surface area is 118 Å². The first kappa shape index (κ1) is 13.9. The zero-order valence-electron chi connectivity index (χ0n) is 11.8. The van der Waals surface area contributed by atoms with Gasteiger partial charge in [-0.05, 0) is 18.9 Å². The highest BCUT2D eigenvalue weighted by Crippen LogP contribution is 2.35. The first-order chi connectivity index (χ1) is 9.66. The highest BCUT2D eigenvalue weighted by molar-refractivity contribution is 4.99. The normalized spacial score (nSPS) is 36.7. The molecule has 2 fully saturated rings. The lowest BCUT2D eigenvalue weighted by Gasteiger charge is -2.38. The number of ether oxygens (including phenoxy) is 2. The second-order valence-electron chi connectivity index (χ2n) is 5.90. The number of aromatic nitrogens is 3. The van der Waals surface area contributed by atoms with Crippen LogP contribution in [0.2, 0.25) is 0 Å². The van der Waals surface area contributed by atoms with Crippen molar-refractivity contribution in [2.45, 2.75) is 50.8 Å². The van der Waals surface area contributed by atoms with Gasteiger partial charge in [0.15, 0.2) is 6.29 Å². The van der Waals surface area contributed by atoms with Crippen molar-refractivity contribution in [1.29, 1.82) is 0 Å². The third-order valence-electron chi connectivity index (χ3n) is 3.97. The SMILES string of the molecule is CC(C)CCN[C@H]1[C@H](O)[C@@H](n2cncn2)[C@@H]2OC[C@H]1O2. The van der Waals surface area contributed by atoms with Crippen LogP contribution in [0.5, 0.6) is 0 Å². The summed E-state index contributed by atoms with van der Waals surface area (Å²) >= 11 is 0. The number of nitrogens with one attached hydrogen (secondary N) is 1. The average Bonchev–Trinajstić information content (AvgIpc) is 3.04. The second-order valence-corrected chi connectivity index (χ2v) is 5.90. The molecule has 2 aliphatic rings. The Morgan fingerprint density at radius 3 is 3.05 bits per heavy atom. The molecule has 1 aromatic heterocycles. The fraction of sp³-hybridized carbons (Fsp3) is 0.846. The maximum Gasteiger partial charge on any atom is 0.183 e. The van der Waals surface area contributed by atoms with Gasteiger partial charge in [0.2, 0.25) is 0 Å². The maximum atomic E-state index is 10.6. The van der Waals surface area contributed by atoms with E-state index >= 15 is 0 Å². The summed E-state index contributed by atoms with van der Waals surface area (Å²) in [5.41, 5.74) is 0. The lowest BCUT2D eigenvalue weighted by Crippen LogP contribution is -2.57. The van der Waals surface area contributed by atoms with Crippen LogP contribution < -0.4 is 5.32 Å². The molecule has 0 saturated carbocycles. The van der Waals surface area contributed by atoms with Crippen molar-refractivity contribution >= 4 is 0 Å². The van der Waals surface area contributed by atoms with Crippen LogP contribution in [-0.2, 0) is 9.47 Å². The fourth-order valence-corrected chi connectivity index (χ4v) is 2.84. The third kappa shape index (κ3) is 2.58. The lowest BCUT2D eigenvalue weighted by molar-refractivity contribution is -0.168. The van der Waals surface area contributed by atoms with Gasteiger partial charge >= 0.3 is 0 Å². The van der Waals surface area contributed by atoms with Crippen LogP contribution in [0.3, 0.4) is 0 Å². The van der Waals surface area contributed by atoms with E-state index in [1.807, 2.05) is 0 Å². The highest BCUT2D eigenvalue weighted by Gasteiger charge is 2.51. The second kappa shape index (κ2) is 5.77. The zero-order chi connectivity index (χ0) is 14.1. The Morgan fingerprint density at radius 1 is 1.50 bits per heavy atom. The Kier molecular flexibility index (Phi) is 4.02. The molecule has 2 aliphatic heterocycles. The Bertz CT molecular complexity index is 425. The molecule has 0 aromatic carbocycles. The van der Waals surface area contributed by atoms with Gasteiger partial charge in [0, 0.05) is 0 Å². The summed E-state index contributed by atoms with van der Waals surface area (Å²) in [5, 5.41) is 18.1. The van der Waals surface area contributed by atoms with Crippen LogP contribution in [0, 0.1) is 5.92 Å². The number of nitrogens with zero attached hydrogens (tertiary/aromatic N) is 3. The first-order valence-corrected chi connectivity index (χ1v) is 7.19. The van der Waals surface area contributed by atoms with E-state index in [9.17, 15) is 5.11 Å². The molecule has 0 radical (unpaired) electrons. The van der Waals surface area contributed by atoms with Crippen LogP contribution in [0.15, 0.2) is 12.7 Å². The molecule has 2 saturated heterocycles. The van der Waals surface area contributed by atoms with Gasteiger partial charge in [-0.3, -0.25) is 0 Å². The van der Waals surface area contributed by atoms with E-state index in [-0.39, 0.29) is 18.2 Å². The molecule has 5 atom stereocenters. The molecule has 2 bridgehead atoms. The van der Waals surface area contributed by atoms with E-state index in [4.69, 9.17) is 9.47 Å². The monoisotopic (exact) mass is 282 g/mol. The molecule has 7 nitrogen and oxygen atoms in total. The fourth-order valence-electron chi connectivity index (χ4n) is 2.84. The van der Waals surface area contributed by atoms with Crippen molar-refractivity contribution < 1.29 is 14.6 Å². The van der Waals surface area contributed by atoms with Gasteiger partial charge in [0.1, 0.15) is 24.8 Å². The van der Waals surface area contributed by atoms with Gasteiger partial charge in [-0.2, -0.15) is 5.10 Å². The molecule has 0 spiro atoms. The van der Waals surface area contributed by atoms with Crippen LogP contribution >= 0.6 is 0 Å². The van der Waals surface area contributed by atoms with E-state index in [1.54, 1.807) is 11.0 Å². The van der Waals surface area contributed by atoms with Crippen molar-refractivity contribution in [2.24, 2.45) is 5.92 Å². The minimum Gasteiger partial charge on any atom is -0.389 e. The van der Waals surface area contributed by atoms with Gasteiger partial charge in [-0.15, -0.1) is 0 Å². The van der Waals surface area contributed by atoms with E-state index in [0.717, 1.165) is 13.0 Å². The molecular formula is C13H22N4O3. The highest BCUT2D eigenvalue weighted by atomic mass is 16.7. The largest absolute Gasteiger partial charge is 0.389 e. The molecule has 7 heteroatoms. The Hall–Kier alpha value is -1.02. The van der Waals surface area contributed by atoms with Crippen molar-refractivity contribution in [3.05, 3.63) is 12.7 Å².